The first-order chi connectivity index (χ1) is 6.29. The van der Waals surface area contributed by atoms with Gasteiger partial charge in [-0.3, -0.25) is 4.79 Å². The monoisotopic (exact) mass is 174 g/mol. The third kappa shape index (κ3) is 2.41. The van der Waals surface area contributed by atoms with Gasteiger partial charge in [-0.25, -0.2) is 0 Å². The summed E-state index contributed by atoms with van der Waals surface area (Å²) in [6.45, 7) is 7.49. The smallest absolute Gasteiger partial charge is 0.165 e. The highest BCUT2D eigenvalue weighted by Crippen LogP contribution is 2.14. The van der Waals surface area contributed by atoms with E-state index in [1.165, 1.54) is 0 Å². The second kappa shape index (κ2) is 4.80. The Balaban J connectivity index is 2.78. The quantitative estimate of drug-likeness (QED) is 0.641. The number of carbonyl (C=O) groups excluding carboxylic acids is 1. The molecule has 0 amide bonds. The zero-order valence-electron chi connectivity index (χ0n) is 7.70. The maximum Gasteiger partial charge on any atom is 0.165 e. The van der Waals surface area contributed by atoms with Crippen LogP contribution in [-0.2, 0) is 0 Å². The van der Waals surface area contributed by atoms with Crippen LogP contribution in [0.5, 0.6) is 0 Å². The van der Waals surface area contributed by atoms with Crippen molar-refractivity contribution in [1.29, 1.82) is 0 Å². The van der Waals surface area contributed by atoms with E-state index in [1.807, 2.05) is 30.3 Å². The van der Waals surface area contributed by atoms with E-state index in [0.717, 1.165) is 5.56 Å². The van der Waals surface area contributed by atoms with E-state index in [9.17, 15) is 4.79 Å². The lowest BCUT2D eigenvalue weighted by atomic mass is 9.93. The van der Waals surface area contributed by atoms with Crippen LogP contribution in [0.4, 0.5) is 0 Å². The molecule has 1 rings (SSSR count). The van der Waals surface area contributed by atoms with Gasteiger partial charge in [-0.05, 0) is 12.8 Å². The van der Waals surface area contributed by atoms with E-state index in [-0.39, 0.29) is 11.7 Å². The standard InChI is InChI=1S/C12H14O/c1-3-10(4-2)12(13)11-8-6-5-7-9-11/h5-10H,1-4H2. The summed E-state index contributed by atoms with van der Waals surface area (Å²) >= 11 is 0. The van der Waals surface area contributed by atoms with Gasteiger partial charge in [0.1, 0.15) is 0 Å². The summed E-state index contributed by atoms with van der Waals surface area (Å²) in [5, 5.41) is 0. The summed E-state index contributed by atoms with van der Waals surface area (Å²) in [6, 6.07) is 9.31. The van der Waals surface area contributed by atoms with Gasteiger partial charge in [0.05, 0.1) is 0 Å². The molecule has 0 aliphatic rings. The number of hydrogen-bond acceptors (Lipinski definition) is 1. The Bertz CT molecular complexity index is 260. The maximum absolute atomic E-state index is 11.7. The van der Waals surface area contributed by atoms with Gasteiger partial charge in [0, 0.05) is 11.5 Å². The zero-order valence-corrected chi connectivity index (χ0v) is 7.70. The minimum atomic E-state index is -0.0256. The molecular formula is C12H14O. The molecule has 0 spiro atoms. The molecule has 0 heterocycles. The first-order valence-electron chi connectivity index (χ1n) is 4.47. The molecule has 0 bridgehead atoms. The fraction of sp³-hybridized carbons (Fsp3) is 0.250. The molecule has 0 fully saturated rings. The molecule has 13 heavy (non-hydrogen) atoms. The van der Waals surface area contributed by atoms with E-state index >= 15 is 0 Å². The molecule has 0 saturated heterocycles. The molecule has 0 aliphatic heterocycles. The van der Waals surface area contributed by atoms with Crippen molar-refractivity contribution < 1.29 is 4.79 Å². The number of rotatable bonds is 4. The van der Waals surface area contributed by atoms with Crippen molar-refractivity contribution in [1.82, 2.24) is 0 Å². The van der Waals surface area contributed by atoms with Crippen molar-refractivity contribution in [2.24, 2.45) is 5.92 Å². The average Bonchev–Trinajstić information content (AvgIpc) is 2.21. The molecule has 0 saturated carbocycles. The topological polar surface area (TPSA) is 17.1 Å². The van der Waals surface area contributed by atoms with Gasteiger partial charge >= 0.3 is 0 Å². The minimum Gasteiger partial charge on any atom is -0.294 e. The number of ketones is 1. The lowest BCUT2D eigenvalue weighted by Gasteiger charge is -2.10. The predicted molar refractivity (Wildman–Crippen MR) is 54.2 cm³/mol. The van der Waals surface area contributed by atoms with Gasteiger partial charge in [-0.1, -0.05) is 44.2 Å². The lowest BCUT2D eigenvalue weighted by Crippen LogP contribution is -2.12. The van der Waals surface area contributed by atoms with Crippen LogP contribution in [-0.4, -0.2) is 5.78 Å². The summed E-state index contributed by atoms with van der Waals surface area (Å²) in [4.78, 5) is 11.7. The molecule has 1 nitrogen and oxygen atoms in total. The van der Waals surface area contributed by atoms with E-state index in [4.69, 9.17) is 0 Å². The normalized spacial score (nSPS) is 10.4. The molecule has 0 atom stereocenters. The average molecular weight is 174 g/mol. The number of carbonyl (C=O) groups is 1. The highest BCUT2D eigenvalue weighted by atomic mass is 16.1. The highest BCUT2D eigenvalue weighted by molar-refractivity contribution is 5.97. The molecular weight excluding hydrogens is 160 g/mol. The Labute approximate surface area is 79.8 Å². The van der Waals surface area contributed by atoms with Gasteiger partial charge in [0.2, 0.25) is 0 Å². The maximum atomic E-state index is 11.7. The number of benzene rings is 1. The van der Waals surface area contributed by atoms with Gasteiger partial charge in [0.15, 0.2) is 5.78 Å². The minimum absolute atomic E-state index is 0.0256. The summed E-state index contributed by atoms with van der Waals surface area (Å²) < 4.78 is 0. The van der Waals surface area contributed by atoms with Crippen molar-refractivity contribution >= 4 is 5.78 Å². The van der Waals surface area contributed by atoms with Crippen LogP contribution in [0.3, 0.4) is 0 Å². The highest BCUT2D eigenvalue weighted by Gasteiger charge is 2.15. The van der Waals surface area contributed by atoms with Crippen LogP contribution in [0.2, 0.25) is 0 Å². The van der Waals surface area contributed by atoms with Crippen molar-refractivity contribution in [3.05, 3.63) is 49.7 Å². The van der Waals surface area contributed by atoms with E-state index in [0.29, 0.717) is 12.8 Å². The predicted octanol–water partition coefficient (Wildman–Crippen LogP) is 2.93. The van der Waals surface area contributed by atoms with E-state index < -0.39 is 0 Å². The van der Waals surface area contributed by atoms with Gasteiger partial charge in [-0.2, -0.15) is 0 Å². The van der Waals surface area contributed by atoms with E-state index in [1.54, 1.807) is 0 Å². The summed E-state index contributed by atoms with van der Waals surface area (Å²) in [5.41, 5.74) is 0.764. The van der Waals surface area contributed by atoms with Gasteiger partial charge in [0.25, 0.3) is 0 Å². The Hall–Kier alpha value is -1.11. The van der Waals surface area contributed by atoms with Crippen LogP contribution in [0.1, 0.15) is 23.2 Å². The Morgan fingerprint density at radius 1 is 1.15 bits per heavy atom. The number of hydrogen-bond donors (Lipinski definition) is 0. The second-order valence-electron chi connectivity index (χ2n) is 3.00. The first kappa shape index (κ1) is 9.97. The Kier molecular flexibility index (Phi) is 3.69. The molecule has 0 aliphatic carbocycles. The molecule has 2 radical (unpaired) electrons. The fourth-order valence-electron chi connectivity index (χ4n) is 1.24. The van der Waals surface area contributed by atoms with Crippen LogP contribution >= 0.6 is 0 Å². The molecule has 1 aromatic carbocycles. The van der Waals surface area contributed by atoms with Gasteiger partial charge in [-0.15, -0.1) is 0 Å². The molecule has 0 aromatic heterocycles. The Morgan fingerprint density at radius 3 is 2.15 bits per heavy atom. The van der Waals surface area contributed by atoms with Gasteiger partial charge < -0.3 is 0 Å². The van der Waals surface area contributed by atoms with Crippen LogP contribution in [0.25, 0.3) is 0 Å². The lowest BCUT2D eigenvalue weighted by molar-refractivity contribution is 0.0921. The first-order valence-corrected chi connectivity index (χ1v) is 4.47. The third-order valence-electron chi connectivity index (χ3n) is 2.13. The van der Waals surface area contributed by atoms with Crippen LogP contribution in [0.15, 0.2) is 30.3 Å². The molecule has 0 N–H and O–H groups in total. The summed E-state index contributed by atoms with van der Waals surface area (Å²) in [6.07, 6.45) is 1.24. The molecule has 1 aromatic rings. The largest absolute Gasteiger partial charge is 0.294 e. The van der Waals surface area contributed by atoms with Crippen LogP contribution < -0.4 is 0 Å². The molecule has 68 valence electrons. The summed E-state index contributed by atoms with van der Waals surface area (Å²) in [5.74, 6) is 0.132. The van der Waals surface area contributed by atoms with Crippen molar-refractivity contribution in [2.45, 2.75) is 12.8 Å². The Morgan fingerprint density at radius 2 is 1.69 bits per heavy atom. The second-order valence-corrected chi connectivity index (χ2v) is 3.00. The van der Waals surface area contributed by atoms with Crippen molar-refractivity contribution in [3.63, 3.8) is 0 Å². The SMILES string of the molecule is [CH2]CC(C[CH2])C(=O)c1ccccc1. The molecule has 1 heteroatoms. The summed E-state index contributed by atoms with van der Waals surface area (Å²) in [7, 11) is 0. The third-order valence-corrected chi connectivity index (χ3v) is 2.13. The van der Waals surface area contributed by atoms with Crippen LogP contribution in [0, 0.1) is 19.8 Å². The zero-order chi connectivity index (χ0) is 9.68. The van der Waals surface area contributed by atoms with Crippen molar-refractivity contribution in [3.8, 4) is 0 Å². The van der Waals surface area contributed by atoms with E-state index in [2.05, 4.69) is 13.8 Å². The number of Topliss-reactive ketones (excluding diaryl/α,β-unsaturated/α-hetero) is 1. The fourth-order valence-corrected chi connectivity index (χ4v) is 1.24. The van der Waals surface area contributed by atoms with Crippen molar-refractivity contribution in [2.75, 3.05) is 0 Å². The molecule has 0 unspecified atom stereocenters.